The van der Waals surface area contributed by atoms with Gasteiger partial charge in [0, 0.05) is 61.9 Å². The molecule has 1 aliphatic rings. The Morgan fingerprint density at radius 1 is 1.03 bits per heavy atom. The molecule has 0 spiro atoms. The Balaban J connectivity index is 1.46. The number of aryl methyl sites for hydroxylation is 1. The maximum atomic E-state index is 12.3. The molecule has 1 amide bonds. The summed E-state index contributed by atoms with van der Waals surface area (Å²) in [5.41, 5.74) is 5.63. The van der Waals surface area contributed by atoms with Crippen LogP contribution in [0.1, 0.15) is 38.7 Å². The number of nitrogens with one attached hydrogen (secondary N) is 2. The second-order valence-electron chi connectivity index (χ2n) is 7.64. The molecule has 1 fully saturated rings. The van der Waals surface area contributed by atoms with Crippen molar-refractivity contribution in [2.75, 3.05) is 53.2 Å². The van der Waals surface area contributed by atoms with Crippen LogP contribution < -0.4 is 20.4 Å². The lowest BCUT2D eigenvalue weighted by Gasteiger charge is -2.22. The molecule has 2 aromatic rings. The molecule has 0 bridgehead atoms. The van der Waals surface area contributed by atoms with E-state index in [1.54, 1.807) is 0 Å². The number of amides is 1. The molecule has 5 heteroatoms. The molecule has 3 rings (SSSR count). The third-order valence-electron chi connectivity index (χ3n) is 5.63. The Morgan fingerprint density at radius 3 is 2.34 bits per heavy atom. The second-order valence-corrected chi connectivity index (χ2v) is 7.64. The van der Waals surface area contributed by atoms with Gasteiger partial charge in [0.25, 0.3) is 0 Å². The number of hydrogen-bond donors (Lipinski definition) is 2. The summed E-state index contributed by atoms with van der Waals surface area (Å²) in [6.45, 7) is 11.3. The van der Waals surface area contributed by atoms with Crippen LogP contribution in [0.15, 0.2) is 42.5 Å². The smallest absolute Gasteiger partial charge is 0.226 e. The molecule has 1 saturated heterocycles. The van der Waals surface area contributed by atoms with Crippen molar-refractivity contribution < 1.29 is 4.79 Å². The van der Waals surface area contributed by atoms with Crippen LogP contribution in [0.25, 0.3) is 0 Å². The number of carbonyl (C=O) groups is 1. The maximum Gasteiger partial charge on any atom is 0.226 e. The minimum Gasteiger partial charge on any atom is -0.384 e. The summed E-state index contributed by atoms with van der Waals surface area (Å²) < 4.78 is 0. The SMILES string of the molecule is CCN(CC)c1ccc(NCCC(=O)Nc2ccc(N3CCCC3)cc2)c(C)c1. The summed E-state index contributed by atoms with van der Waals surface area (Å²) >= 11 is 0. The molecule has 0 saturated carbocycles. The van der Waals surface area contributed by atoms with Gasteiger partial charge in [0.15, 0.2) is 0 Å². The summed E-state index contributed by atoms with van der Waals surface area (Å²) in [6.07, 6.45) is 2.97. The highest BCUT2D eigenvalue weighted by Crippen LogP contribution is 2.23. The zero-order valence-electron chi connectivity index (χ0n) is 18.0. The van der Waals surface area contributed by atoms with Gasteiger partial charge in [-0.3, -0.25) is 4.79 Å². The van der Waals surface area contributed by atoms with E-state index in [1.807, 2.05) is 12.1 Å². The number of benzene rings is 2. The van der Waals surface area contributed by atoms with E-state index in [0.29, 0.717) is 13.0 Å². The fourth-order valence-corrected chi connectivity index (χ4v) is 3.90. The van der Waals surface area contributed by atoms with Crippen LogP contribution in [-0.4, -0.2) is 38.6 Å². The first-order chi connectivity index (χ1) is 14.1. The first kappa shape index (κ1) is 21.0. The van der Waals surface area contributed by atoms with E-state index >= 15 is 0 Å². The Morgan fingerprint density at radius 2 is 1.72 bits per heavy atom. The summed E-state index contributed by atoms with van der Waals surface area (Å²) in [7, 11) is 0. The fourth-order valence-electron chi connectivity index (χ4n) is 3.90. The number of carbonyl (C=O) groups excluding carboxylic acids is 1. The zero-order valence-corrected chi connectivity index (χ0v) is 18.0. The minimum atomic E-state index is 0.0313. The quantitative estimate of drug-likeness (QED) is 0.636. The molecule has 5 nitrogen and oxygen atoms in total. The van der Waals surface area contributed by atoms with Gasteiger partial charge in [-0.05, 0) is 81.6 Å². The lowest BCUT2D eigenvalue weighted by Crippen LogP contribution is -2.22. The van der Waals surface area contributed by atoms with Crippen molar-refractivity contribution in [3.63, 3.8) is 0 Å². The van der Waals surface area contributed by atoms with Crippen LogP contribution in [0.4, 0.5) is 22.7 Å². The van der Waals surface area contributed by atoms with E-state index in [0.717, 1.165) is 37.6 Å². The van der Waals surface area contributed by atoms with Crippen LogP contribution >= 0.6 is 0 Å². The van der Waals surface area contributed by atoms with Gasteiger partial charge in [-0.2, -0.15) is 0 Å². The molecule has 1 aliphatic heterocycles. The lowest BCUT2D eigenvalue weighted by atomic mass is 10.1. The molecule has 0 unspecified atom stereocenters. The second kappa shape index (κ2) is 10.2. The van der Waals surface area contributed by atoms with Gasteiger partial charge in [-0.1, -0.05) is 0 Å². The lowest BCUT2D eigenvalue weighted by molar-refractivity contribution is -0.115. The van der Waals surface area contributed by atoms with Crippen molar-refractivity contribution >= 4 is 28.7 Å². The molecule has 2 N–H and O–H groups in total. The molecule has 2 aromatic carbocycles. The summed E-state index contributed by atoms with van der Waals surface area (Å²) in [5, 5.41) is 6.39. The Bertz CT molecular complexity index is 793. The average Bonchev–Trinajstić information content (AvgIpc) is 3.26. The van der Waals surface area contributed by atoms with Crippen molar-refractivity contribution in [2.24, 2.45) is 0 Å². The van der Waals surface area contributed by atoms with Gasteiger partial charge in [0.05, 0.1) is 0 Å². The normalized spacial score (nSPS) is 13.4. The summed E-state index contributed by atoms with van der Waals surface area (Å²) in [4.78, 5) is 17.0. The van der Waals surface area contributed by atoms with Gasteiger partial charge >= 0.3 is 0 Å². The van der Waals surface area contributed by atoms with E-state index in [4.69, 9.17) is 0 Å². The van der Waals surface area contributed by atoms with Gasteiger partial charge < -0.3 is 20.4 Å². The molecule has 0 aromatic heterocycles. The van der Waals surface area contributed by atoms with Crippen LogP contribution in [0.3, 0.4) is 0 Å². The largest absolute Gasteiger partial charge is 0.384 e. The fraction of sp³-hybridized carbons (Fsp3) is 0.458. The predicted octanol–water partition coefficient (Wildman–Crippen LogP) is 4.88. The van der Waals surface area contributed by atoms with Crippen LogP contribution in [0, 0.1) is 6.92 Å². The Hall–Kier alpha value is -2.69. The highest BCUT2D eigenvalue weighted by atomic mass is 16.1. The summed E-state index contributed by atoms with van der Waals surface area (Å²) in [5.74, 6) is 0.0313. The molecule has 156 valence electrons. The first-order valence-electron chi connectivity index (χ1n) is 10.8. The molecular formula is C24H34N4O. The van der Waals surface area contributed by atoms with E-state index < -0.39 is 0 Å². The predicted molar refractivity (Wildman–Crippen MR) is 124 cm³/mol. The Labute approximate surface area is 175 Å². The monoisotopic (exact) mass is 394 g/mol. The van der Waals surface area contributed by atoms with Crippen molar-refractivity contribution in [1.29, 1.82) is 0 Å². The van der Waals surface area contributed by atoms with E-state index in [-0.39, 0.29) is 5.91 Å². The highest BCUT2D eigenvalue weighted by Gasteiger charge is 2.12. The molecule has 0 atom stereocenters. The number of hydrogen-bond acceptors (Lipinski definition) is 4. The van der Waals surface area contributed by atoms with E-state index in [9.17, 15) is 4.79 Å². The van der Waals surface area contributed by atoms with Gasteiger partial charge in [-0.15, -0.1) is 0 Å². The average molecular weight is 395 g/mol. The van der Waals surface area contributed by atoms with Crippen LogP contribution in [-0.2, 0) is 4.79 Å². The molecular weight excluding hydrogens is 360 g/mol. The van der Waals surface area contributed by atoms with Crippen molar-refractivity contribution in [3.8, 4) is 0 Å². The standard InChI is InChI=1S/C24H34N4O/c1-4-27(5-2)22-12-13-23(19(3)18-22)25-15-14-24(29)26-20-8-10-21(11-9-20)28-16-6-7-17-28/h8-13,18,25H,4-7,14-17H2,1-3H3,(H,26,29). The van der Waals surface area contributed by atoms with E-state index in [2.05, 4.69) is 71.5 Å². The minimum absolute atomic E-state index is 0.0313. The van der Waals surface area contributed by atoms with Crippen LogP contribution in [0.2, 0.25) is 0 Å². The molecule has 1 heterocycles. The molecule has 0 radical (unpaired) electrons. The van der Waals surface area contributed by atoms with Crippen molar-refractivity contribution in [3.05, 3.63) is 48.0 Å². The number of anilines is 4. The van der Waals surface area contributed by atoms with Crippen molar-refractivity contribution in [2.45, 2.75) is 40.0 Å². The third-order valence-corrected chi connectivity index (χ3v) is 5.63. The van der Waals surface area contributed by atoms with E-state index in [1.165, 1.54) is 29.8 Å². The maximum absolute atomic E-state index is 12.3. The molecule has 29 heavy (non-hydrogen) atoms. The summed E-state index contributed by atoms with van der Waals surface area (Å²) in [6, 6.07) is 14.6. The zero-order chi connectivity index (χ0) is 20.6. The van der Waals surface area contributed by atoms with Crippen LogP contribution in [0.5, 0.6) is 0 Å². The first-order valence-corrected chi connectivity index (χ1v) is 10.8. The molecule has 0 aliphatic carbocycles. The highest BCUT2D eigenvalue weighted by molar-refractivity contribution is 5.91. The third kappa shape index (κ3) is 5.66. The number of rotatable bonds is 9. The van der Waals surface area contributed by atoms with Gasteiger partial charge in [0.2, 0.25) is 5.91 Å². The van der Waals surface area contributed by atoms with Gasteiger partial charge in [0.1, 0.15) is 0 Å². The topological polar surface area (TPSA) is 47.6 Å². The number of nitrogens with zero attached hydrogens (tertiary/aromatic N) is 2. The Kier molecular flexibility index (Phi) is 7.39. The van der Waals surface area contributed by atoms with Gasteiger partial charge in [-0.25, -0.2) is 0 Å². The van der Waals surface area contributed by atoms with Crippen molar-refractivity contribution in [1.82, 2.24) is 0 Å².